The number of methoxy groups -OCH3 is 1. The predicted octanol–water partition coefficient (Wildman–Crippen LogP) is -0.669. The number of hydrogen-bond acceptors (Lipinski definition) is 21. The zero-order valence-electron chi connectivity index (χ0n) is 34.5. The summed E-state index contributed by atoms with van der Waals surface area (Å²) in [6.07, 6.45) is -23.0. The quantitative estimate of drug-likeness (QED) is 0.0449. The molecule has 3 aliphatic heterocycles. The van der Waals surface area contributed by atoms with Gasteiger partial charge in [0.2, 0.25) is 12.0 Å². The van der Waals surface area contributed by atoms with E-state index in [4.69, 9.17) is 42.3 Å². The molecule has 7 rings (SSSR count). The predicted molar refractivity (Wildman–Crippen MR) is 217 cm³/mol. The van der Waals surface area contributed by atoms with E-state index in [9.17, 15) is 66.1 Å². The molecule has 22 nitrogen and oxygen atoms in total. The first-order chi connectivity index (χ1) is 30.9. The zero-order valence-corrected chi connectivity index (χ0v) is 34.5. The van der Waals surface area contributed by atoms with Crippen LogP contribution in [-0.4, -0.2) is 180 Å². The average Bonchev–Trinajstić information content (AvgIpc) is 3.28. The highest BCUT2D eigenvalue weighted by atomic mass is 16.8. The van der Waals surface area contributed by atoms with E-state index < -0.39 is 117 Å². The summed E-state index contributed by atoms with van der Waals surface area (Å²) in [6.45, 7) is 0.150. The normalized spacial score (nSPS) is 32.9. The van der Waals surface area contributed by atoms with Gasteiger partial charge in [-0.1, -0.05) is 12.1 Å². The molecule has 3 aromatic carbocycles. The highest BCUT2D eigenvalue weighted by Gasteiger charge is 2.51. The van der Waals surface area contributed by atoms with Gasteiger partial charge in [-0.2, -0.15) is 0 Å². The summed E-state index contributed by atoms with van der Waals surface area (Å²) in [5.41, 5.74) is 0.817. The Bertz CT molecular complexity index is 2310. The molecule has 0 saturated carbocycles. The lowest BCUT2D eigenvalue weighted by molar-refractivity contribution is -0.359. The number of aromatic hydroxyl groups is 4. The lowest BCUT2D eigenvalue weighted by Crippen LogP contribution is -2.64. The second-order valence-electron chi connectivity index (χ2n) is 15.5. The number of aliphatic hydroxyl groups is 8. The Hall–Kier alpha value is -5.44. The van der Waals surface area contributed by atoms with Crippen LogP contribution in [0.1, 0.15) is 12.5 Å². The van der Waals surface area contributed by atoms with Gasteiger partial charge in [-0.3, -0.25) is 0 Å². The van der Waals surface area contributed by atoms with E-state index in [0.29, 0.717) is 5.56 Å². The van der Waals surface area contributed by atoms with E-state index >= 15 is 0 Å². The molecule has 352 valence electrons. The van der Waals surface area contributed by atoms with E-state index in [0.717, 1.165) is 12.1 Å². The molecular formula is C43H49O22+. The minimum atomic E-state index is -1.91. The molecule has 4 aromatic rings. The van der Waals surface area contributed by atoms with Crippen molar-refractivity contribution in [2.24, 2.45) is 0 Å². The maximum absolute atomic E-state index is 12.4. The van der Waals surface area contributed by atoms with Gasteiger partial charge in [-0.25, -0.2) is 9.21 Å². The number of aliphatic hydroxyl groups excluding tert-OH is 8. The van der Waals surface area contributed by atoms with Gasteiger partial charge < -0.3 is 99.2 Å². The topological polar surface area (TPSA) is 345 Å². The standard InChI is InChI=1S/C43H48O22/c1-17-39(65-43-37(55)34(52)31(49)28(64-43)15-58-30(48)10-5-18-3-7-20(44)8-4-18)35(53)38(56)41(60-17)59-16-29-32(50)33(51)36(54)42(63-29)62-27-14-22-24(47)12-21(45)13-25(22)61-40(27)19-6-9-23(46)26(11-19)57-2/h3-14,17,28-29,31-39,41-43,49-56H,15-16H2,1-2H3,(H3-,44,45,46,47,48)/p+1/t17-,28-,29-,31-,32+,33+,34+,35-,36-,37-,38+,39-,41+,42-,43?/m1/s1. The summed E-state index contributed by atoms with van der Waals surface area (Å²) in [4.78, 5) is 12.4. The van der Waals surface area contributed by atoms with Crippen molar-refractivity contribution >= 4 is 23.0 Å². The largest absolute Gasteiger partial charge is 0.508 e. The third-order valence-corrected chi connectivity index (χ3v) is 11.0. The van der Waals surface area contributed by atoms with Crippen LogP contribution in [0.3, 0.4) is 0 Å². The number of benzene rings is 3. The number of carbonyl (C=O) groups excluding carboxylic acids is 1. The van der Waals surface area contributed by atoms with Crippen molar-refractivity contribution in [1.29, 1.82) is 0 Å². The summed E-state index contributed by atoms with van der Waals surface area (Å²) in [5.74, 6) is -1.99. The molecule has 15 atom stereocenters. The maximum atomic E-state index is 12.4. The van der Waals surface area contributed by atoms with Crippen molar-refractivity contribution < 1.29 is 108 Å². The number of phenolic OH excluding ortho intramolecular Hbond substituents is 4. The van der Waals surface area contributed by atoms with Crippen molar-refractivity contribution in [2.45, 2.75) is 99.0 Å². The first-order valence-electron chi connectivity index (χ1n) is 20.1. The second kappa shape index (κ2) is 20.0. The lowest BCUT2D eigenvalue weighted by atomic mass is 9.97. The van der Waals surface area contributed by atoms with Crippen LogP contribution in [0.15, 0.2) is 71.2 Å². The fourth-order valence-electron chi connectivity index (χ4n) is 7.37. The maximum Gasteiger partial charge on any atom is 0.402 e. The molecule has 12 N–H and O–H groups in total. The van der Waals surface area contributed by atoms with E-state index in [1.54, 1.807) is 12.1 Å². The van der Waals surface area contributed by atoms with E-state index in [-0.39, 0.29) is 51.0 Å². The van der Waals surface area contributed by atoms with Gasteiger partial charge in [0, 0.05) is 24.3 Å². The van der Waals surface area contributed by atoms with E-state index in [1.165, 1.54) is 62.6 Å². The molecule has 65 heavy (non-hydrogen) atoms. The van der Waals surface area contributed by atoms with Crippen LogP contribution in [0.2, 0.25) is 0 Å². The minimum Gasteiger partial charge on any atom is -0.508 e. The van der Waals surface area contributed by atoms with Crippen LogP contribution in [0, 0.1) is 0 Å². The summed E-state index contributed by atoms with van der Waals surface area (Å²) in [6, 6.07) is 13.6. The van der Waals surface area contributed by atoms with Crippen LogP contribution in [-0.2, 0) is 33.2 Å². The molecule has 0 spiro atoms. The molecule has 1 aromatic heterocycles. The van der Waals surface area contributed by atoms with Gasteiger partial charge in [-0.15, -0.1) is 0 Å². The number of fused-ring (bicyclic) bond motifs is 1. The number of phenols is 4. The number of rotatable bonds is 13. The Morgan fingerprint density at radius 3 is 2.00 bits per heavy atom. The van der Waals surface area contributed by atoms with Crippen LogP contribution in [0.25, 0.3) is 28.4 Å². The van der Waals surface area contributed by atoms with Crippen LogP contribution in [0.5, 0.6) is 34.5 Å². The van der Waals surface area contributed by atoms with Gasteiger partial charge in [-0.05, 0) is 42.8 Å². The molecule has 1 unspecified atom stereocenters. The van der Waals surface area contributed by atoms with Gasteiger partial charge in [0.05, 0.1) is 31.5 Å². The van der Waals surface area contributed by atoms with Gasteiger partial charge in [0.1, 0.15) is 96.4 Å². The van der Waals surface area contributed by atoms with Gasteiger partial charge in [0.15, 0.2) is 24.1 Å². The first kappa shape index (κ1) is 47.5. The fraction of sp³-hybridized carbons (Fsp3) is 0.442. The second-order valence-corrected chi connectivity index (χ2v) is 15.5. The Kier molecular flexibility index (Phi) is 14.6. The van der Waals surface area contributed by atoms with E-state index in [2.05, 4.69) is 0 Å². The smallest absolute Gasteiger partial charge is 0.402 e. The van der Waals surface area contributed by atoms with Crippen molar-refractivity contribution in [2.75, 3.05) is 20.3 Å². The van der Waals surface area contributed by atoms with Gasteiger partial charge >= 0.3 is 17.3 Å². The van der Waals surface area contributed by atoms with Crippen molar-refractivity contribution in [3.63, 3.8) is 0 Å². The number of ether oxygens (including phenoxy) is 8. The monoisotopic (exact) mass is 917 g/mol. The third kappa shape index (κ3) is 10.3. The highest BCUT2D eigenvalue weighted by Crippen LogP contribution is 2.42. The lowest BCUT2D eigenvalue weighted by Gasteiger charge is -2.46. The van der Waals surface area contributed by atoms with Crippen molar-refractivity contribution in [3.8, 4) is 45.8 Å². The minimum absolute atomic E-state index is 0.00254. The SMILES string of the molecule is COc1cc(-c2[o+]c3cc(O)cc(O)c3cc2O[C@@H]2O[C@H](CO[C@H]3O[C@H](C)[C@@H](OC4O[C@H](COC(=O)/C=C/c5ccc(O)cc5)[C@@H](O)[C@H](O)[C@H]4O)[C@H](O)[C@@H]3O)[C@H](O)[C@H](O)[C@H]2O)ccc1O. The zero-order chi connectivity index (χ0) is 46.9. The Morgan fingerprint density at radius 2 is 1.31 bits per heavy atom. The first-order valence-corrected chi connectivity index (χ1v) is 20.1. The Balaban J connectivity index is 0.996. The molecule has 0 radical (unpaired) electrons. The molecule has 22 heteroatoms. The fourth-order valence-corrected chi connectivity index (χ4v) is 7.37. The summed E-state index contributed by atoms with van der Waals surface area (Å²) >= 11 is 0. The van der Waals surface area contributed by atoms with E-state index in [1.807, 2.05) is 0 Å². The number of esters is 1. The molecule has 0 amide bonds. The van der Waals surface area contributed by atoms with Crippen molar-refractivity contribution in [3.05, 3.63) is 72.3 Å². The Morgan fingerprint density at radius 1 is 0.662 bits per heavy atom. The molecule has 4 heterocycles. The molecular weight excluding hydrogens is 868 g/mol. The van der Waals surface area contributed by atoms with Crippen LogP contribution in [0.4, 0.5) is 0 Å². The van der Waals surface area contributed by atoms with Gasteiger partial charge in [0.25, 0.3) is 0 Å². The molecule has 3 saturated heterocycles. The summed E-state index contributed by atoms with van der Waals surface area (Å²) in [7, 11) is 1.31. The number of carbonyl (C=O) groups is 1. The summed E-state index contributed by atoms with van der Waals surface area (Å²) < 4.78 is 51.1. The van der Waals surface area contributed by atoms with Crippen LogP contribution >= 0.6 is 0 Å². The summed E-state index contributed by atoms with van der Waals surface area (Å²) in [5, 5.41) is 127. The Labute approximate surface area is 368 Å². The number of hydrogen-bond donors (Lipinski definition) is 12. The molecule has 0 aliphatic carbocycles. The highest BCUT2D eigenvalue weighted by molar-refractivity contribution is 5.89. The molecule has 3 aliphatic rings. The third-order valence-electron chi connectivity index (χ3n) is 11.0. The molecule has 3 fully saturated rings. The average molecular weight is 918 g/mol. The molecule has 0 bridgehead atoms. The van der Waals surface area contributed by atoms with Crippen LogP contribution < -0.4 is 9.47 Å². The van der Waals surface area contributed by atoms with Crippen molar-refractivity contribution in [1.82, 2.24) is 0 Å².